The standard InChI is InChI=1S/C15H10F6N4O/c1-25(10-4-2-3-9(5-10)6-22)13-23-7-11(15(19,20)21)12(24-13)26-8-14(16,17)18/h2-5,7H,8H2,1H3. The molecule has 0 amide bonds. The number of ether oxygens (including phenoxy) is 1. The smallest absolute Gasteiger partial charge is 0.423 e. The number of alkyl halides is 6. The largest absolute Gasteiger partial charge is 0.467 e. The van der Waals surface area contributed by atoms with Gasteiger partial charge in [0.2, 0.25) is 11.8 Å². The monoisotopic (exact) mass is 376 g/mol. The number of nitrogens with zero attached hydrogens (tertiary/aromatic N) is 4. The van der Waals surface area contributed by atoms with E-state index in [2.05, 4.69) is 14.7 Å². The van der Waals surface area contributed by atoms with Gasteiger partial charge in [0.05, 0.1) is 11.6 Å². The molecule has 0 aliphatic rings. The molecule has 0 aliphatic heterocycles. The minimum absolute atomic E-state index is 0.273. The molecule has 11 heteroatoms. The molecule has 0 saturated carbocycles. The molecule has 26 heavy (non-hydrogen) atoms. The Hall–Kier alpha value is -3.03. The van der Waals surface area contributed by atoms with Gasteiger partial charge in [0.1, 0.15) is 5.56 Å². The van der Waals surface area contributed by atoms with Gasteiger partial charge in [0.25, 0.3) is 0 Å². The number of nitriles is 1. The molecule has 2 aromatic rings. The third-order valence-electron chi connectivity index (χ3n) is 3.08. The molecule has 0 N–H and O–H groups in total. The summed E-state index contributed by atoms with van der Waals surface area (Å²) in [5.74, 6) is -1.56. The van der Waals surface area contributed by atoms with Crippen LogP contribution in [0.1, 0.15) is 11.1 Å². The van der Waals surface area contributed by atoms with Crippen molar-refractivity contribution in [2.45, 2.75) is 12.4 Å². The summed E-state index contributed by atoms with van der Waals surface area (Å²) in [6.45, 7) is -1.93. The Labute approximate surface area is 143 Å². The van der Waals surface area contributed by atoms with E-state index in [9.17, 15) is 26.3 Å². The third-order valence-corrected chi connectivity index (χ3v) is 3.08. The van der Waals surface area contributed by atoms with Crippen molar-refractivity contribution in [1.29, 1.82) is 5.26 Å². The first-order valence-electron chi connectivity index (χ1n) is 6.89. The van der Waals surface area contributed by atoms with Crippen LogP contribution in [-0.2, 0) is 6.18 Å². The number of rotatable bonds is 4. The molecule has 0 bridgehead atoms. The van der Waals surface area contributed by atoms with Gasteiger partial charge in [-0.3, -0.25) is 0 Å². The lowest BCUT2D eigenvalue weighted by atomic mass is 10.2. The normalized spacial score (nSPS) is 11.8. The van der Waals surface area contributed by atoms with E-state index in [0.717, 1.165) is 0 Å². The lowest BCUT2D eigenvalue weighted by Gasteiger charge is -2.20. The van der Waals surface area contributed by atoms with Gasteiger partial charge in [-0.05, 0) is 18.2 Å². The maximum atomic E-state index is 12.9. The van der Waals surface area contributed by atoms with E-state index in [1.165, 1.54) is 36.2 Å². The Bertz CT molecular complexity index is 828. The highest BCUT2D eigenvalue weighted by molar-refractivity contribution is 5.59. The second-order valence-electron chi connectivity index (χ2n) is 5.01. The summed E-state index contributed by atoms with van der Waals surface area (Å²) in [5, 5.41) is 8.88. The van der Waals surface area contributed by atoms with Crippen LogP contribution in [-0.4, -0.2) is 29.8 Å². The van der Waals surface area contributed by atoms with E-state index in [4.69, 9.17) is 5.26 Å². The quantitative estimate of drug-likeness (QED) is 0.753. The van der Waals surface area contributed by atoms with E-state index in [-0.39, 0.29) is 11.5 Å². The van der Waals surface area contributed by atoms with Crippen LogP contribution < -0.4 is 9.64 Å². The maximum absolute atomic E-state index is 12.9. The van der Waals surface area contributed by atoms with Gasteiger partial charge in [-0.1, -0.05) is 6.07 Å². The number of halogens is 6. The average molecular weight is 376 g/mol. The Morgan fingerprint density at radius 1 is 1.19 bits per heavy atom. The second-order valence-corrected chi connectivity index (χ2v) is 5.01. The van der Waals surface area contributed by atoms with Crippen molar-refractivity contribution in [2.75, 3.05) is 18.6 Å². The van der Waals surface area contributed by atoms with Crippen molar-refractivity contribution in [3.8, 4) is 11.9 Å². The molecular formula is C15H10F6N4O. The zero-order valence-electron chi connectivity index (χ0n) is 13.1. The summed E-state index contributed by atoms with van der Waals surface area (Å²) in [7, 11) is 1.38. The molecule has 0 radical (unpaired) electrons. The van der Waals surface area contributed by atoms with Gasteiger partial charge >= 0.3 is 12.4 Å². The van der Waals surface area contributed by atoms with Gasteiger partial charge in [0, 0.05) is 18.9 Å². The average Bonchev–Trinajstić information content (AvgIpc) is 2.57. The summed E-state index contributed by atoms with van der Waals surface area (Å²) >= 11 is 0. The lowest BCUT2D eigenvalue weighted by molar-refractivity contribution is -0.159. The van der Waals surface area contributed by atoms with Crippen LogP contribution in [0.3, 0.4) is 0 Å². The highest BCUT2D eigenvalue weighted by atomic mass is 19.4. The van der Waals surface area contributed by atoms with Crippen molar-refractivity contribution in [3.63, 3.8) is 0 Å². The first-order chi connectivity index (χ1) is 12.0. The van der Waals surface area contributed by atoms with Crippen molar-refractivity contribution >= 4 is 11.6 Å². The van der Waals surface area contributed by atoms with Crippen molar-refractivity contribution in [3.05, 3.63) is 41.6 Å². The van der Waals surface area contributed by atoms with Crippen LogP contribution in [0.25, 0.3) is 0 Å². The molecule has 1 heterocycles. The van der Waals surface area contributed by atoms with Crippen LogP contribution in [0.5, 0.6) is 5.88 Å². The van der Waals surface area contributed by atoms with E-state index < -0.39 is 30.4 Å². The maximum Gasteiger partial charge on any atom is 0.423 e. The molecule has 138 valence electrons. The van der Waals surface area contributed by atoms with Gasteiger partial charge in [0.15, 0.2) is 6.61 Å². The van der Waals surface area contributed by atoms with Crippen molar-refractivity contribution in [1.82, 2.24) is 9.97 Å². The summed E-state index contributed by atoms with van der Waals surface area (Å²) in [6, 6.07) is 7.85. The van der Waals surface area contributed by atoms with E-state index in [0.29, 0.717) is 11.9 Å². The van der Waals surface area contributed by atoms with Crippen LogP contribution in [0.2, 0.25) is 0 Å². The zero-order chi connectivity index (χ0) is 19.5. The number of aromatic nitrogens is 2. The number of hydrogen-bond acceptors (Lipinski definition) is 5. The molecule has 2 rings (SSSR count). The molecule has 0 atom stereocenters. The Kier molecular flexibility index (Phi) is 5.25. The summed E-state index contributed by atoms with van der Waals surface area (Å²) in [4.78, 5) is 8.21. The SMILES string of the molecule is CN(c1cccc(C#N)c1)c1ncc(C(F)(F)F)c(OCC(F)(F)F)n1. The van der Waals surface area contributed by atoms with Crippen LogP contribution in [0, 0.1) is 11.3 Å². The Morgan fingerprint density at radius 2 is 1.88 bits per heavy atom. The Balaban J connectivity index is 2.42. The zero-order valence-corrected chi connectivity index (χ0v) is 13.1. The van der Waals surface area contributed by atoms with Gasteiger partial charge in [-0.15, -0.1) is 0 Å². The Morgan fingerprint density at radius 3 is 2.46 bits per heavy atom. The fourth-order valence-corrected chi connectivity index (χ4v) is 1.87. The molecule has 1 aromatic heterocycles. The minimum atomic E-state index is -4.99. The first kappa shape index (κ1) is 19.3. The number of anilines is 2. The van der Waals surface area contributed by atoms with Crippen LogP contribution >= 0.6 is 0 Å². The fourth-order valence-electron chi connectivity index (χ4n) is 1.87. The number of benzene rings is 1. The second kappa shape index (κ2) is 7.07. The van der Waals surface area contributed by atoms with Crippen molar-refractivity contribution in [2.24, 2.45) is 0 Å². The molecule has 0 saturated heterocycles. The predicted molar refractivity (Wildman–Crippen MR) is 77.8 cm³/mol. The highest BCUT2D eigenvalue weighted by Gasteiger charge is 2.38. The first-order valence-corrected chi connectivity index (χ1v) is 6.89. The van der Waals surface area contributed by atoms with E-state index in [1.54, 1.807) is 0 Å². The molecule has 5 nitrogen and oxygen atoms in total. The molecule has 0 aliphatic carbocycles. The molecule has 1 aromatic carbocycles. The summed E-state index contributed by atoms with van der Waals surface area (Å²) in [5.41, 5.74) is -0.898. The highest BCUT2D eigenvalue weighted by Crippen LogP contribution is 2.36. The van der Waals surface area contributed by atoms with E-state index >= 15 is 0 Å². The van der Waals surface area contributed by atoms with Gasteiger partial charge < -0.3 is 9.64 Å². The molecule has 0 unspecified atom stereocenters. The number of hydrogen-bond donors (Lipinski definition) is 0. The minimum Gasteiger partial charge on any atom is -0.467 e. The summed E-state index contributed by atoms with van der Waals surface area (Å²) < 4.78 is 79.9. The third kappa shape index (κ3) is 4.75. The molecule has 0 spiro atoms. The topological polar surface area (TPSA) is 62.0 Å². The molecular weight excluding hydrogens is 366 g/mol. The fraction of sp³-hybridized carbons (Fsp3) is 0.267. The molecule has 0 fully saturated rings. The van der Waals surface area contributed by atoms with Crippen LogP contribution in [0.4, 0.5) is 38.0 Å². The lowest BCUT2D eigenvalue weighted by Crippen LogP contribution is -2.23. The van der Waals surface area contributed by atoms with Gasteiger partial charge in [-0.2, -0.15) is 36.6 Å². The van der Waals surface area contributed by atoms with Crippen LogP contribution in [0.15, 0.2) is 30.5 Å². The predicted octanol–water partition coefficient (Wildman–Crippen LogP) is 4.08. The van der Waals surface area contributed by atoms with Crippen molar-refractivity contribution < 1.29 is 31.1 Å². The summed E-state index contributed by atoms with van der Waals surface area (Å²) in [6.07, 6.45) is -9.47. The van der Waals surface area contributed by atoms with Gasteiger partial charge in [-0.25, -0.2) is 4.98 Å². The van der Waals surface area contributed by atoms with E-state index in [1.807, 2.05) is 6.07 Å².